The lowest BCUT2D eigenvalue weighted by Crippen LogP contribution is -2.53. The molecule has 2 N–H and O–H groups in total. The predicted molar refractivity (Wildman–Crippen MR) is 76.8 cm³/mol. The highest BCUT2D eigenvalue weighted by molar-refractivity contribution is 5.72. The maximum absolute atomic E-state index is 10.9. The van der Waals surface area contributed by atoms with E-state index in [2.05, 4.69) is 11.8 Å². The molecule has 0 spiro atoms. The Hall–Kier alpha value is -0.690. The molecule has 6 nitrogen and oxygen atoms in total. The summed E-state index contributed by atoms with van der Waals surface area (Å²) >= 11 is 0. The topological polar surface area (TPSA) is 73.2 Å². The minimum absolute atomic E-state index is 0.381. The van der Waals surface area contributed by atoms with Crippen LogP contribution in [0.3, 0.4) is 0 Å². The third kappa shape index (κ3) is 6.17. The average molecular weight is 288 g/mol. The molecule has 0 amide bonds. The number of nitrogens with zero attached hydrogens (tertiary/aromatic N) is 2. The van der Waals surface area contributed by atoms with Gasteiger partial charge in [-0.05, 0) is 13.3 Å². The van der Waals surface area contributed by atoms with E-state index in [4.69, 9.17) is 9.84 Å². The van der Waals surface area contributed by atoms with Crippen LogP contribution in [0.15, 0.2) is 0 Å². The third-order valence-corrected chi connectivity index (χ3v) is 3.73. The van der Waals surface area contributed by atoms with E-state index in [1.165, 1.54) is 0 Å². The highest BCUT2D eigenvalue weighted by Gasteiger charge is 2.25. The maximum atomic E-state index is 10.9. The van der Waals surface area contributed by atoms with Crippen LogP contribution in [0.25, 0.3) is 0 Å². The zero-order chi connectivity index (χ0) is 15.0. The minimum Gasteiger partial charge on any atom is -0.480 e. The van der Waals surface area contributed by atoms with E-state index in [-0.39, 0.29) is 0 Å². The first-order valence-corrected chi connectivity index (χ1v) is 7.49. The predicted octanol–water partition coefficient (Wildman–Crippen LogP) is 0.255. The van der Waals surface area contributed by atoms with Crippen LogP contribution in [0, 0.1) is 0 Å². The molecule has 118 valence electrons. The normalized spacial score (nSPS) is 20.8. The van der Waals surface area contributed by atoms with Crippen LogP contribution < -0.4 is 0 Å². The van der Waals surface area contributed by atoms with Crippen LogP contribution in [-0.2, 0) is 9.53 Å². The molecule has 1 fully saturated rings. The zero-order valence-electron chi connectivity index (χ0n) is 12.6. The number of β-amino-alcohol motifs (C(OH)–C–C–N with tert-alkyl or cyclic N) is 1. The van der Waals surface area contributed by atoms with Gasteiger partial charge in [0.25, 0.3) is 0 Å². The van der Waals surface area contributed by atoms with Crippen LogP contribution in [0.1, 0.15) is 26.7 Å². The number of aliphatic hydroxyl groups is 1. The summed E-state index contributed by atoms with van der Waals surface area (Å²) < 4.78 is 5.40. The van der Waals surface area contributed by atoms with E-state index in [1.807, 2.05) is 4.90 Å². The number of aliphatic hydroxyl groups excluding tert-OH is 1. The molecule has 0 aliphatic carbocycles. The Morgan fingerprint density at radius 1 is 1.30 bits per heavy atom. The molecule has 6 heteroatoms. The van der Waals surface area contributed by atoms with E-state index in [9.17, 15) is 9.90 Å². The number of ether oxygens (including phenoxy) is 1. The van der Waals surface area contributed by atoms with Gasteiger partial charge in [-0.1, -0.05) is 13.3 Å². The molecule has 0 radical (unpaired) electrons. The molecule has 0 saturated carbocycles. The largest absolute Gasteiger partial charge is 0.480 e. The number of hydrogen-bond donors (Lipinski definition) is 2. The lowest BCUT2D eigenvalue weighted by molar-refractivity contribution is -0.143. The molecule has 1 aliphatic rings. The quantitative estimate of drug-likeness (QED) is 0.593. The second-order valence-electron chi connectivity index (χ2n) is 5.43. The Morgan fingerprint density at radius 2 is 1.95 bits per heavy atom. The van der Waals surface area contributed by atoms with Crippen molar-refractivity contribution in [2.75, 3.05) is 45.9 Å². The van der Waals surface area contributed by atoms with Gasteiger partial charge in [0.1, 0.15) is 6.04 Å². The van der Waals surface area contributed by atoms with Crippen LogP contribution >= 0.6 is 0 Å². The number of carboxylic acid groups (broad SMARTS) is 1. The van der Waals surface area contributed by atoms with Crippen molar-refractivity contribution < 1.29 is 19.7 Å². The van der Waals surface area contributed by atoms with Gasteiger partial charge in [-0.15, -0.1) is 0 Å². The first kappa shape index (κ1) is 17.4. The molecule has 2 atom stereocenters. The first-order chi connectivity index (χ1) is 9.54. The van der Waals surface area contributed by atoms with Crippen LogP contribution in [0.5, 0.6) is 0 Å². The Labute approximate surface area is 121 Å². The molecule has 1 saturated heterocycles. The first-order valence-electron chi connectivity index (χ1n) is 7.49. The van der Waals surface area contributed by atoms with Crippen molar-refractivity contribution in [2.45, 2.75) is 38.8 Å². The van der Waals surface area contributed by atoms with Gasteiger partial charge < -0.3 is 14.9 Å². The molecular weight excluding hydrogens is 260 g/mol. The number of carboxylic acids is 1. The van der Waals surface area contributed by atoms with Crippen LogP contribution in [0.4, 0.5) is 0 Å². The lowest BCUT2D eigenvalue weighted by Gasteiger charge is -2.37. The Morgan fingerprint density at radius 3 is 2.50 bits per heavy atom. The monoisotopic (exact) mass is 288 g/mol. The highest BCUT2D eigenvalue weighted by Crippen LogP contribution is 2.07. The molecule has 2 unspecified atom stereocenters. The summed E-state index contributed by atoms with van der Waals surface area (Å²) in [6.07, 6.45) is 1.66. The van der Waals surface area contributed by atoms with Gasteiger partial charge in [0.15, 0.2) is 0 Å². The van der Waals surface area contributed by atoms with Gasteiger partial charge in [0, 0.05) is 39.3 Å². The van der Waals surface area contributed by atoms with E-state index in [1.54, 1.807) is 6.92 Å². The van der Waals surface area contributed by atoms with Gasteiger partial charge in [-0.3, -0.25) is 14.6 Å². The van der Waals surface area contributed by atoms with Crippen molar-refractivity contribution in [3.8, 4) is 0 Å². The zero-order valence-corrected chi connectivity index (χ0v) is 12.6. The van der Waals surface area contributed by atoms with Gasteiger partial charge in [0.05, 0.1) is 12.7 Å². The van der Waals surface area contributed by atoms with Crippen molar-refractivity contribution in [1.29, 1.82) is 0 Å². The van der Waals surface area contributed by atoms with Crippen molar-refractivity contribution >= 4 is 5.97 Å². The summed E-state index contributed by atoms with van der Waals surface area (Å²) in [5, 5.41) is 18.9. The van der Waals surface area contributed by atoms with E-state index in [0.717, 1.165) is 39.0 Å². The summed E-state index contributed by atoms with van der Waals surface area (Å²) in [6.45, 7) is 8.57. The van der Waals surface area contributed by atoms with Crippen molar-refractivity contribution in [3.05, 3.63) is 0 Å². The standard InChI is InChI=1S/C14H28N2O4/c1-3-4-9-20-11-13(17)10-15-5-7-16(8-6-15)12(2)14(18)19/h12-13,17H,3-11H2,1-2H3,(H,18,19). The summed E-state index contributed by atoms with van der Waals surface area (Å²) in [5.74, 6) is -0.775. The minimum atomic E-state index is -0.775. The fraction of sp³-hybridized carbons (Fsp3) is 0.929. The van der Waals surface area contributed by atoms with Gasteiger partial charge >= 0.3 is 5.97 Å². The SMILES string of the molecule is CCCCOCC(O)CN1CCN(C(C)C(=O)O)CC1. The molecule has 0 aromatic heterocycles. The maximum Gasteiger partial charge on any atom is 0.320 e. The number of rotatable bonds is 9. The molecule has 1 heterocycles. The Bertz CT molecular complexity index is 280. The average Bonchev–Trinajstić information content (AvgIpc) is 2.43. The third-order valence-electron chi connectivity index (χ3n) is 3.73. The fourth-order valence-electron chi connectivity index (χ4n) is 2.31. The smallest absolute Gasteiger partial charge is 0.320 e. The molecule has 1 aliphatic heterocycles. The second kappa shape index (κ2) is 9.28. The Balaban J connectivity index is 2.16. The number of piperazine rings is 1. The molecule has 0 aromatic rings. The molecule has 1 rings (SSSR count). The molecular formula is C14H28N2O4. The van der Waals surface area contributed by atoms with Crippen molar-refractivity contribution in [1.82, 2.24) is 9.80 Å². The van der Waals surface area contributed by atoms with E-state index >= 15 is 0 Å². The molecule has 0 bridgehead atoms. The number of carbonyl (C=O) groups is 1. The second-order valence-corrected chi connectivity index (χ2v) is 5.43. The van der Waals surface area contributed by atoms with Crippen molar-refractivity contribution in [3.63, 3.8) is 0 Å². The van der Waals surface area contributed by atoms with Gasteiger partial charge in [-0.2, -0.15) is 0 Å². The Kier molecular flexibility index (Phi) is 8.06. The van der Waals surface area contributed by atoms with E-state index in [0.29, 0.717) is 19.8 Å². The summed E-state index contributed by atoms with van der Waals surface area (Å²) in [4.78, 5) is 15.0. The summed E-state index contributed by atoms with van der Waals surface area (Å²) in [6, 6.07) is -0.431. The van der Waals surface area contributed by atoms with Gasteiger partial charge in [-0.25, -0.2) is 0 Å². The van der Waals surface area contributed by atoms with E-state index < -0.39 is 18.1 Å². The lowest BCUT2D eigenvalue weighted by atomic mass is 10.2. The van der Waals surface area contributed by atoms with Gasteiger partial charge in [0.2, 0.25) is 0 Å². The molecule has 0 aromatic carbocycles. The summed E-state index contributed by atoms with van der Waals surface area (Å²) in [7, 11) is 0. The number of aliphatic carboxylic acids is 1. The van der Waals surface area contributed by atoms with Crippen molar-refractivity contribution in [2.24, 2.45) is 0 Å². The molecule has 20 heavy (non-hydrogen) atoms. The summed E-state index contributed by atoms with van der Waals surface area (Å²) in [5.41, 5.74) is 0. The van der Waals surface area contributed by atoms with Crippen LogP contribution in [0.2, 0.25) is 0 Å². The number of unbranched alkanes of at least 4 members (excludes halogenated alkanes) is 1. The number of hydrogen-bond acceptors (Lipinski definition) is 5. The highest BCUT2D eigenvalue weighted by atomic mass is 16.5. The fourth-order valence-corrected chi connectivity index (χ4v) is 2.31. The van der Waals surface area contributed by atoms with Crippen LogP contribution in [-0.4, -0.2) is 84.1 Å².